The van der Waals surface area contributed by atoms with Crippen molar-refractivity contribution in [2.75, 3.05) is 0 Å². The van der Waals surface area contributed by atoms with E-state index in [1.165, 1.54) is 22.6 Å². The van der Waals surface area contributed by atoms with E-state index in [0.717, 1.165) is 6.20 Å². The van der Waals surface area contributed by atoms with Gasteiger partial charge in [0.1, 0.15) is 6.67 Å². The molecule has 1 aromatic heterocycles. The topological polar surface area (TPSA) is 59.4 Å². The van der Waals surface area contributed by atoms with Gasteiger partial charge in [-0.15, -0.1) is 13.2 Å². The number of aromatic nitrogens is 1. The summed E-state index contributed by atoms with van der Waals surface area (Å²) < 4.78 is 52.2. The van der Waals surface area contributed by atoms with Crippen LogP contribution in [0.15, 0.2) is 6.20 Å². The van der Waals surface area contributed by atoms with Gasteiger partial charge in [-0.05, 0) is 28.2 Å². The Hall–Kier alpha value is -1.13. The second-order valence-corrected chi connectivity index (χ2v) is 4.21. The van der Waals surface area contributed by atoms with Crippen molar-refractivity contribution < 1.29 is 32.2 Å². The van der Waals surface area contributed by atoms with E-state index in [2.05, 4.69) is 9.72 Å². The largest absolute Gasteiger partial charge is 0.574 e. The fourth-order valence-electron chi connectivity index (χ4n) is 1.18. The molecule has 4 nitrogen and oxygen atoms in total. The molecule has 1 aromatic rings. The van der Waals surface area contributed by atoms with Gasteiger partial charge in [-0.3, -0.25) is 4.79 Å². The van der Waals surface area contributed by atoms with Gasteiger partial charge in [0.15, 0.2) is 0 Å². The Morgan fingerprint density at radius 1 is 1.50 bits per heavy atom. The maximum Gasteiger partial charge on any atom is 0.574 e. The summed E-state index contributed by atoms with van der Waals surface area (Å²) in [7, 11) is 0. The van der Waals surface area contributed by atoms with Crippen molar-refractivity contribution >= 4 is 28.6 Å². The Morgan fingerprint density at radius 2 is 2.11 bits per heavy atom. The van der Waals surface area contributed by atoms with E-state index in [-0.39, 0.29) is 14.7 Å². The molecule has 0 radical (unpaired) electrons. The second-order valence-electron chi connectivity index (χ2n) is 3.13. The third-order valence-corrected chi connectivity index (χ3v) is 2.98. The number of halogens is 5. The summed E-state index contributed by atoms with van der Waals surface area (Å²) in [6.07, 6.45) is -4.59. The molecule has 1 N–H and O–H groups in total. The first-order valence-corrected chi connectivity index (χ1v) is 5.52. The van der Waals surface area contributed by atoms with Gasteiger partial charge in [0.2, 0.25) is 5.88 Å². The van der Waals surface area contributed by atoms with Crippen molar-refractivity contribution in [1.82, 2.24) is 4.98 Å². The first-order valence-electron chi connectivity index (χ1n) is 4.44. The zero-order valence-electron chi connectivity index (χ0n) is 8.59. The van der Waals surface area contributed by atoms with Crippen LogP contribution in [0.25, 0.3) is 0 Å². The van der Waals surface area contributed by atoms with Crippen molar-refractivity contribution in [1.29, 1.82) is 0 Å². The van der Waals surface area contributed by atoms with E-state index >= 15 is 0 Å². The lowest BCUT2D eigenvalue weighted by Crippen LogP contribution is -2.19. The molecule has 100 valence electrons. The number of aliphatic carboxylic acids is 1. The molecule has 0 bridgehead atoms. The fraction of sp³-hybridized carbons (Fsp3) is 0.333. The first kappa shape index (κ1) is 14.9. The number of alkyl halides is 4. The Balaban J connectivity index is 3.15. The number of carboxylic acid groups (broad SMARTS) is 1. The SMILES string of the molecule is O=C(O)Cc1cnc(OC(F)(F)F)c(I)c1CF. The zero-order chi connectivity index (χ0) is 13.9. The highest BCUT2D eigenvalue weighted by atomic mass is 127. The third kappa shape index (κ3) is 3.96. The predicted molar refractivity (Wildman–Crippen MR) is 59.8 cm³/mol. The lowest BCUT2D eigenvalue weighted by atomic mass is 10.1. The van der Waals surface area contributed by atoms with Gasteiger partial charge in [-0.25, -0.2) is 9.37 Å². The van der Waals surface area contributed by atoms with E-state index in [0.29, 0.717) is 0 Å². The molecule has 9 heteroatoms. The summed E-state index contributed by atoms with van der Waals surface area (Å²) in [5.41, 5.74) is -0.142. The van der Waals surface area contributed by atoms with Gasteiger partial charge in [-0.1, -0.05) is 0 Å². The summed E-state index contributed by atoms with van der Waals surface area (Å²) in [4.78, 5) is 13.8. The molecule has 0 aromatic carbocycles. The molecule has 1 heterocycles. The van der Waals surface area contributed by atoms with E-state index in [4.69, 9.17) is 5.11 Å². The number of hydrogen-bond acceptors (Lipinski definition) is 3. The average Bonchev–Trinajstić information content (AvgIpc) is 2.20. The maximum atomic E-state index is 12.7. The van der Waals surface area contributed by atoms with E-state index in [1.54, 1.807) is 0 Å². The van der Waals surface area contributed by atoms with Gasteiger partial charge < -0.3 is 9.84 Å². The number of hydrogen-bond donors (Lipinski definition) is 1. The highest BCUT2D eigenvalue weighted by Crippen LogP contribution is 2.30. The number of ether oxygens (including phenoxy) is 1. The van der Waals surface area contributed by atoms with Crippen molar-refractivity contribution in [3.8, 4) is 5.88 Å². The minimum Gasteiger partial charge on any atom is -0.481 e. The summed E-state index contributed by atoms with van der Waals surface area (Å²) >= 11 is 1.43. The summed E-state index contributed by atoms with van der Waals surface area (Å²) in [6.45, 7) is -1.10. The van der Waals surface area contributed by atoms with Crippen LogP contribution in [0.5, 0.6) is 5.88 Å². The van der Waals surface area contributed by atoms with Gasteiger partial charge in [-0.2, -0.15) is 0 Å². The molecule has 0 amide bonds. The fourth-order valence-corrected chi connectivity index (χ4v) is 1.92. The monoisotopic (exact) mass is 379 g/mol. The number of carbonyl (C=O) groups is 1. The Kier molecular flexibility index (Phi) is 4.71. The van der Waals surface area contributed by atoms with Crippen LogP contribution in [-0.4, -0.2) is 22.4 Å². The third-order valence-electron chi connectivity index (χ3n) is 1.87. The molecule has 0 spiro atoms. The molecule has 0 aliphatic heterocycles. The highest BCUT2D eigenvalue weighted by Gasteiger charge is 2.33. The molecule has 0 saturated carbocycles. The highest BCUT2D eigenvalue weighted by molar-refractivity contribution is 14.1. The molecule has 0 aliphatic carbocycles. The Labute approximate surface area is 112 Å². The van der Waals surface area contributed by atoms with Crippen LogP contribution < -0.4 is 4.74 Å². The molecule has 0 saturated heterocycles. The summed E-state index contributed by atoms with van der Waals surface area (Å²) in [5, 5.41) is 8.57. The van der Waals surface area contributed by atoms with E-state index in [1.807, 2.05) is 0 Å². The van der Waals surface area contributed by atoms with Gasteiger partial charge in [0.05, 0.1) is 9.99 Å². The van der Waals surface area contributed by atoms with E-state index in [9.17, 15) is 22.4 Å². The normalized spacial score (nSPS) is 11.4. The smallest absolute Gasteiger partial charge is 0.481 e. The van der Waals surface area contributed by atoms with E-state index < -0.39 is 31.3 Å². The summed E-state index contributed by atoms with van der Waals surface area (Å²) in [6, 6.07) is 0. The number of carboxylic acids is 1. The standard InChI is InChI=1S/C9H6F4INO3/c10-2-5-4(1-6(16)17)3-15-8(7(5)14)18-9(11,12)13/h3H,1-2H2,(H,16,17). The van der Waals surface area contributed by atoms with Crippen molar-refractivity contribution in [2.45, 2.75) is 19.5 Å². The van der Waals surface area contributed by atoms with Gasteiger partial charge >= 0.3 is 12.3 Å². The maximum absolute atomic E-state index is 12.7. The number of nitrogens with zero attached hydrogens (tertiary/aromatic N) is 1. The van der Waals surface area contributed by atoms with Gasteiger partial charge in [0, 0.05) is 11.8 Å². The van der Waals surface area contributed by atoms with Crippen molar-refractivity contribution in [3.63, 3.8) is 0 Å². The molecule has 0 unspecified atom stereocenters. The average molecular weight is 379 g/mol. The number of pyridine rings is 1. The lowest BCUT2D eigenvalue weighted by Gasteiger charge is -2.13. The summed E-state index contributed by atoms with van der Waals surface area (Å²) in [5.74, 6) is -2.02. The molecule has 1 rings (SSSR count). The molecular weight excluding hydrogens is 373 g/mol. The van der Waals surface area contributed by atoms with Crippen molar-refractivity contribution in [2.24, 2.45) is 0 Å². The van der Waals surface area contributed by atoms with Crippen LogP contribution in [0.1, 0.15) is 11.1 Å². The zero-order valence-corrected chi connectivity index (χ0v) is 10.7. The molecule has 0 fully saturated rings. The lowest BCUT2D eigenvalue weighted by molar-refractivity contribution is -0.276. The number of rotatable bonds is 4. The molecule has 0 atom stereocenters. The minimum atomic E-state index is -4.94. The van der Waals surface area contributed by atoms with Crippen LogP contribution >= 0.6 is 22.6 Å². The van der Waals surface area contributed by atoms with Crippen LogP contribution in [-0.2, 0) is 17.9 Å². The van der Waals surface area contributed by atoms with Gasteiger partial charge in [0.25, 0.3) is 0 Å². The van der Waals surface area contributed by atoms with Crippen LogP contribution in [0.3, 0.4) is 0 Å². The molecule has 0 aliphatic rings. The predicted octanol–water partition coefficient (Wildman–Crippen LogP) is 2.68. The minimum absolute atomic E-state index is 0.0175. The Morgan fingerprint density at radius 3 is 2.56 bits per heavy atom. The Bertz CT molecular complexity index is 464. The van der Waals surface area contributed by atoms with Crippen molar-refractivity contribution in [3.05, 3.63) is 20.9 Å². The van der Waals surface area contributed by atoms with Crippen LogP contribution in [0.4, 0.5) is 17.6 Å². The molecular formula is C9H6F4INO3. The van der Waals surface area contributed by atoms with Crippen LogP contribution in [0.2, 0.25) is 0 Å². The first-order chi connectivity index (χ1) is 8.24. The molecule has 18 heavy (non-hydrogen) atoms. The van der Waals surface area contributed by atoms with Crippen LogP contribution in [0, 0.1) is 3.57 Å². The second kappa shape index (κ2) is 5.67. The quantitative estimate of drug-likeness (QED) is 0.646.